The highest BCUT2D eigenvalue weighted by Gasteiger charge is 2.07. The highest BCUT2D eigenvalue weighted by atomic mass is 15.1. The van der Waals surface area contributed by atoms with Gasteiger partial charge >= 0.3 is 0 Å². The summed E-state index contributed by atoms with van der Waals surface area (Å²) < 4.78 is 0. The van der Waals surface area contributed by atoms with Gasteiger partial charge < -0.3 is 10.6 Å². The van der Waals surface area contributed by atoms with Crippen molar-refractivity contribution in [3.05, 3.63) is 24.3 Å². The molecule has 0 amide bonds. The maximum absolute atomic E-state index is 5.70. The van der Waals surface area contributed by atoms with Crippen LogP contribution in [0.4, 0.5) is 0 Å². The van der Waals surface area contributed by atoms with E-state index in [2.05, 4.69) is 31.1 Å². The minimum absolute atomic E-state index is 0.111. The third-order valence-corrected chi connectivity index (χ3v) is 1.95. The second-order valence-corrected chi connectivity index (χ2v) is 3.16. The molecule has 2 nitrogen and oxygen atoms in total. The lowest BCUT2D eigenvalue weighted by Crippen LogP contribution is -2.25. The molecule has 1 rings (SSSR count). The molecule has 2 heteroatoms. The summed E-state index contributed by atoms with van der Waals surface area (Å²) in [7, 11) is 4.17. The van der Waals surface area contributed by atoms with Gasteiger partial charge in [0.15, 0.2) is 0 Å². The van der Waals surface area contributed by atoms with Crippen molar-refractivity contribution in [2.75, 3.05) is 14.1 Å². The standard InChI is InChI=1S/C9H16N2/c1-11(2)9-5-3-4-8(10)6-7-9/h3-4,6-9H,5,10H2,1-2H3. The predicted molar refractivity (Wildman–Crippen MR) is 48.3 cm³/mol. The molecule has 0 heterocycles. The lowest BCUT2D eigenvalue weighted by molar-refractivity contribution is 0.345. The molecule has 0 saturated carbocycles. The van der Waals surface area contributed by atoms with Gasteiger partial charge in [0, 0.05) is 12.1 Å². The predicted octanol–water partition coefficient (Wildman–Crippen LogP) is 0.760. The van der Waals surface area contributed by atoms with E-state index in [0.29, 0.717) is 6.04 Å². The molecule has 0 saturated heterocycles. The Morgan fingerprint density at radius 1 is 1.27 bits per heavy atom. The normalized spacial score (nSPS) is 30.9. The highest BCUT2D eigenvalue weighted by Crippen LogP contribution is 2.07. The Morgan fingerprint density at radius 3 is 2.64 bits per heavy atom. The van der Waals surface area contributed by atoms with Gasteiger partial charge in [-0.15, -0.1) is 0 Å². The van der Waals surface area contributed by atoms with Gasteiger partial charge in [-0.3, -0.25) is 0 Å². The number of nitrogens with two attached hydrogens (primary N) is 1. The number of rotatable bonds is 1. The SMILES string of the molecule is CN(C)C1C=CC(N)C=CC1. The van der Waals surface area contributed by atoms with Crippen LogP contribution in [0.2, 0.25) is 0 Å². The first-order valence-electron chi connectivity index (χ1n) is 3.97. The van der Waals surface area contributed by atoms with Crippen LogP contribution in [0.1, 0.15) is 6.42 Å². The van der Waals surface area contributed by atoms with Crippen LogP contribution in [-0.2, 0) is 0 Å². The molecule has 2 N–H and O–H groups in total. The van der Waals surface area contributed by atoms with Crippen LogP contribution in [0.5, 0.6) is 0 Å². The zero-order valence-corrected chi connectivity index (χ0v) is 7.20. The van der Waals surface area contributed by atoms with Crippen molar-refractivity contribution in [2.24, 2.45) is 5.73 Å². The zero-order valence-electron chi connectivity index (χ0n) is 7.20. The quantitative estimate of drug-likeness (QED) is 0.562. The van der Waals surface area contributed by atoms with Crippen molar-refractivity contribution in [1.29, 1.82) is 0 Å². The van der Waals surface area contributed by atoms with Crippen molar-refractivity contribution >= 4 is 0 Å². The van der Waals surface area contributed by atoms with Crippen LogP contribution in [0.15, 0.2) is 24.3 Å². The van der Waals surface area contributed by atoms with Gasteiger partial charge in [-0.25, -0.2) is 0 Å². The summed E-state index contributed by atoms with van der Waals surface area (Å²) in [5.41, 5.74) is 5.70. The van der Waals surface area contributed by atoms with Crippen molar-refractivity contribution in [3.63, 3.8) is 0 Å². The molecule has 1 aliphatic carbocycles. The summed E-state index contributed by atoms with van der Waals surface area (Å²) in [4.78, 5) is 2.19. The van der Waals surface area contributed by atoms with Gasteiger partial charge in [-0.1, -0.05) is 24.3 Å². The molecule has 0 fully saturated rings. The molecule has 0 radical (unpaired) electrons. The van der Waals surface area contributed by atoms with Crippen molar-refractivity contribution < 1.29 is 0 Å². The Labute approximate surface area is 68.4 Å². The van der Waals surface area contributed by atoms with Gasteiger partial charge in [0.1, 0.15) is 0 Å². The molecule has 0 aromatic heterocycles. The second kappa shape index (κ2) is 3.69. The average molecular weight is 152 g/mol. The number of likely N-dealkylation sites (N-methyl/N-ethyl adjacent to an activating group) is 1. The molecule has 0 bridgehead atoms. The van der Waals surface area contributed by atoms with Crippen molar-refractivity contribution in [1.82, 2.24) is 4.90 Å². The zero-order chi connectivity index (χ0) is 8.27. The fourth-order valence-electron chi connectivity index (χ4n) is 1.16. The Kier molecular flexibility index (Phi) is 2.85. The molecule has 0 aromatic rings. The van der Waals surface area contributed by atoms with E-state index in [1.807, 2.05) is 12.2 Å². The Balaban J connectivity index is 2.59. The van der Waals surface area contributed by atoms with Crippen molar-refractivity contribution in [2.45, 2.75) is 18.5 Å². The lowest BCUT2D eigenvalue weighted by atomic mass is 10.2. The van der Waals surface area contributed by atoms with Crippen LogP contribution in [0, 0.1) is 0 Å². The van der Waals surface area contributed by atoms with E-state index in [1.165, 1.54) is 0 Å². The van der Waals surface area contributed by atoms with E-state index >= 15 is 0 Å². The topological polar surface area (TPSA) is 29.3 Å². The molecular formula is C9H16N2. The summed E-state index contributed by atoms with van der Waals surface area (Å²) in [6.07, 6.45) is 9.48. The summed E-state index contributed by atoms with van der Waals surface area (Å²) in [6, 6.07) is 0.625. The van der Waals surface area contributed by atoms with Crippen LogP contribution >= 0.6 is 0 Å². The van der Waals surface area contributed by atoms with Gasteiger partial charge in [0.05, 0.1) is 0 Å². The summed E-state index contributed by atoms with van der Waals surface area (Å²) in [5, 5.41) is 0. The third kappa shape index (κ3) is 2.48. The maximum atomic E-state index is 5.70. The van der Waals surface area contributed by atoms with E-state index < -0.39 is 0 Å². The monoisotopic (exact) mass is 152 g/mol. The van der Waals surface area contributed by atoms with Gasteiger partial charge in [-0.05, 0) is 20.5 Å². The first-order valence-corrected chi connectivity index (χ1v) is 3.97. The maximum Gasteiger partial charge on any atom is 0.0411 e. The van der Waals surface area contributed by atoms with E-state index in [0.717, 1.165) is 6.42 Å². The largest absolute Gasteiger partial charge is 0.321 e. The molecule has 11 heavy (non-hydrogen) atoms. The van der Waals surface area contributed by atoms with Gasteiger partial charge in [0.25, 0.3) is 0 Å². The molecule has 0 aromatic carbocycles. The van der Waals surface area contributed by atoms with Gasteiger partial charge in [-0.2, -0.15) is 0 Å². The molecule has 0 spiro atoms. The number of hydrogen-bond donors (Lipinski definition) is 1. The Hall–Kier alpha value is -0.600. The second-order valence-electron chi connectivity index (χ2n) is 3.16. The fraction of sp³-hybridized carbons (Fsp3) is 0.556. The Bertz CT molecular complexity index is 170. The fourth-order valence-corrected chi connectivity index (χ4v) is 1.16. The van der Waals surface area contributed by atoms with Crippen LogP contribution in [0.3, 0.4) is 0 Å². The summed E-state index contributed by atoms with van der Waals surface area (Å²) in [6.45, 7) is 0. The minimum Gasteiger partial charge on any atom is -0.321 e. The third-order valence-electron chi connectivity index (χ3n) is 1.95. The van der Waals surface area contributed by atoms with E-state index in [9.17, 15) is 0 Å². The molecule has 2 atom stereocenters. The lowest BCUT2D eigenvalue weighted by Gasteiger charge is -2.18. The number of hydrogen-bond acceptors (Lipinski definition) is 2. The average Bonchev–Trinajstić information content (AvgIpc) is 2.13. The van der Waals surface area contributed by atoms with Crippen LogP contribution in [-0.4, -0.2) is 31.1 Å². The molecule has 2 unspecified atom stereocenters. The van der Waals surface area contributed by atoms with E-state index in [1.54, 1.807) is 0 Å². The smallest absolute Gasteiger partial charge is 0.0411 e. The first-order chi connectivity index (χ1) is 5.20. The van der Waals surface area contributed by atoms with Gasteiger partial charge in [0.2, 0.25) is 0 Å². The summed E-state index contributed by atoms with van der Waals surface area (Å²) >= 11 is 0. The minimum atomic E-state index is 0.111. The van der Waals surface area contributed by atoms with Crippen molar-refractivity contribution in [3.8, 4) is 0 Å². The highest BCUT2D eigenvalue weighted by molar-refractivity contribution is 5.12. The molecular weight excluding hydrogens is 136 g/mol. The molecule has 62 valence electrons. The molecule has 0 aliphatic heterocycles. The van der Waals surface area contributed by atoms with E-state index in [4.69, 9.17) is 5.73 Å². The van der Waals surface area contributed by atoms with Crippen LogP contribution < -0.4 is 5.73 Å². The number of nitrogens with zero attached hydrogens (tertiary/aromatic N) is 1. The summed E-state index contributed by atoms with van der Waals surface area (Å²) in [5.74, 6) is 0. The van der Waals surface area contributed by atoms with E-state index in [-0.39, 0.29) is 6.04 Å². The Morgan fingerprint density at radius 2 is 2.00 bits per heavy atom. The molecule has 1 aliphatic rings. The first kappa shape index (κ1) is 8.50. The van der Waals surface area contributed by atoms with Crippen LogP contribution in [0.25, 0.3) is 0 Å².